The number of hydrogen-bond acceptors (Lipinski definition) is 5. The van der Waals surface area contributed by atoms with Gasteiger partial charge in [0.15, 0.2) is 0 Å². The smallest absolute Gasteiger partial charge is 0.274 e. The Labute approximate surface area is 124 Å². The number of aromatic nitrogens is 2. The maximum Gasteiger partial charge on any atom is 0.274 e. The van der Waals surface area contributed by atoms with Crippen LogP contribution in [-0.2, 0) is 4.79 Å². The second-order valence-electron chi connectivity index (χ2n) is 5.11. The first-order valence-corrected chi connectivity index (χ1v) is 7.21. The summed E-state index contributed by atoms with van der Waals surface area (Å²) in [6.45, 7) is 4.16. The normalized spacial score (nSPS) is 15.8. The summed E-state index contributed by atoms with van der Waals surface area (Å²) in [4.78, 5) is 35.8. The lowest BCUT2D eigenvalue weighted by molar-refractivity contribution is -0.129. The Morgan fingerprint density at radius 3 is 2.95 bits per heavy atom. The van der Waals surface area contributed by atoms with Gasteiger partial charge >= 0.3 is 0 Å². The molecule has 1 aliphatic heterocycles. The van der Waals surface area contributed by atoms with E-state index in [9.17, 15) is 9.59 Å². The van der Waals surface area contributed by atoms with Crippen LogP contribution in [0.25, 0.3) is 0 Å². The van der Waals surface area contributed by atoms with Crippen LogP contribution in [0, 0.1) is 0 Å². The molecule has 2 heterocycles. The predicted octanol–water partition coefficient (Wildman–Crippen LogP) is 0.603. The van der Waals surface area contributed by atoms with E-state index in [2.05, 4.69) is 22.2 Å². The summed E-state index contributed by atoms with van der Waals surface area (Å²) in [5, 5.41) is 3.10. The number of hydrogen-bond donors (Lipinski definition) is 1. The van der Waals surface area contributed by atoms with E-state index in [0.717, 1.165) is 19.4 Å². The summed E-state index contributed by atoms with van der Waals surface area (Å²) in [5.41, 5.74) is 0.272. The molecule has 1 saturated heterocycles. The Morgan fingerprint density at radius 1 is 1.38 bits per heavy atom. The average molecular weight is 291 g/mol. The summed E-state index contributed by atoms with van der Waals surface area (Å²) in [6.07, 6.45) is 4.77. The van der Waals surface area contributed by atoms with Crippen molar-refractivity contribution in [3.05, 3.63) is 18.1 Å². The van der Waals surface area contributed by atoms with Crippen LogP contribution in [0.4, 0.5) is 5.82 Å². The second-order valence-corrected chi connectivity index (χ2v) is 5.11. The van der Waals surface area contributed by atoms with Gasteiger partial charge in [0, 0.05) is 26.7 Å². The molecule has 114 valence electrons. The molecule has 1 fully saturated rings. The first-order chi connectivity index (χ1) is 10.1. The first kappa shape index (κ1) is 15.2. The third-order valence-corrected chi connectivity index (χ3v) is 3.37. The number of nitrogens with zero attached hydrogens (tertiary/aromatic N) is 4. The van der Waals surface area contributed by atoms with Crippen molar-refractivity contribution in [3.8, 4) is 0 Å². The van der Waals surface area contributed by atoms with Crippen molar-refractivity contribution in [2.24, 2.45) is 0 Å². The van der Waals surface area contributed by atoms with Crippen molar-refractivity contribution in [2.75, 3.05) is 38.5 Å². The Hall–Kier alpha value is -2.18. The fourth-order valence-electron chi connectivity index (χ4n) is 2.13. The molecular weight excluding hydrogens is 270 g/mol. The zero-order valence-corrected chi connectivity index (χ0v) is 12.5. The molecule has 0 atom stereocenters. The molecule has 2 rings (SSSR count). The molecular formula is C14H21N5O2. The maximum absolute atomic E-state index is 12.5. The van der Waals surface area contributed by atoms with Gasteiger partial charge in [-0.25, -0.2) is 4.98 Å². The van der Waals surface area contributed by atoms with Gasteiger partial charge in [-0.05, 0) is 12.8 Å². The molecule has 1 N–H and O–H groups in total. The van der Waals surface area contributed by atoms with E-state index in [0.29, 0.717) is 18.9 Å². The standard InChI is InChI=1S/C14H21N5O2/c1-3-5-16-12-9-15-8-11(17-12)14(21)19-7-4-6-18(2)13(20)10-19/h8-9H,3-7,10H2,1-2H3,(H,16,17). The SMILES string of the molecule is CCCNc1cncc(C(=O)N2CCCN(C)C(=O)C2)n1. The van der Waals surface area contributed by atoms with Gasteiger partial charge in [0.25, 0.3) is 5.91 Å². The van der Waals surface area contributed by atoms with Gasteiger partial charge in [0.05, 0.1) is 12.4 Å². The topological polar surface area (TPSA) is 78.4 Å². The monoisotopic (exact) mass is 291 g/mol. The summed E-state index contributed by atoms with van der Waals surface area (Å²) in [6, 6.07) is 0. The lowest BCUT2D eigenvalue weighted by Gasteiger charge is -2.19. The highest BCUT2D eigenvalue weighted by Gasteiger charge is 2.24. The average Bonchev–Trinajstić information content (AvgIpc) is 2.67. The summed E-state index contributed by atoms with van der Waals surface area (Å²) < 4.78 is 0. The fraction of sp³-hybridized carbons (Fsp3) is 0.571. The first-order valence-electron chi connectivity index (χ1n) is 7.21. The van der Waals surface area contributed by atoms with Crippen LogP contribution < -0.4 is 5.32 Å². The number of carbonyl (C=O) groups is 2. The molecule has 2 amide bonds. The molecule has 0 bridgehead atoms. The van der Waals surface area contributed by atoms with Crippen LogP contribution in [0.5, 0.6) is 0 Å². The predicted molar refractivity (Wildman–Crippen MR) is 79.0 cm³/mol. The van der Waals surface area contributed by atoms with Crippen LogP contribution in [0.1, 0.15) is 30.3 Å². The lowest BCUT2D eigenvalue weighted by atomic mass is 10.3. The van der Waals surface area contributed by atoms with Crippen LogP contribution in [0.15, 0.2) is 12.4 Å². The highest BCUT2D eigenvalue weighted by molar-refractivity contribution is 5.95. The van der Waals surface area contributed by atoms with Crippen LogP contribution >= 0.6 is 0 Å². The molecule has 0 radical (unpaired) electrons. The zero-order chi connectivity index (χ0) is 15.2. The number of likely N-dealkylation sites (N-methyl/N-ethyl adjacent to an activating group) is 1. The summed E-state index contributed by atoms with van der Waals surface area (Å²) in [7, 11) is 1.76. The molecule has 0 aliphatic carbocycles. The minimum atomic E-state index is -0.244. The molecule has 0 aromatic carbocycles. The third kappa shape index (κ3) is 3.90. The fourth-order valence-corrected chi connectivity index (χ4v) is 2.13. The minimum Gasteiger partial charge on any atom is -0.369 e. The Kier molecular flexibility index (Phi) is 5.08. The lowest BCUT2D eigenvalue weighted by Crippen LogP contribution is -2.38. The van der Waals surface area contributed by atoms with Crippen molar-refractivity contribution in [1.29, 1.82) is 0 Å². The van der Waals surface area contributed by atoms with Gasteiger partial charge in [0.1, 0.15) is 18.1 Å². The molecule has 1 aromatic heterocycles. The van der Waals surface area contributed by atoms with Gasteiger partial charge in [-0.2, -0.15) is 0 Å². The van der Waals surface area contributed by atoms with Crippen LogP contribution in [0.3, 0.4) is 0 Å². The molecule has 0 spiro atoms. The van der Waals surface area contributed by atoms with E-state index in [1.807, 2.05) is 0 Å². The van der Waals surface area contributed by atoms with Crippen molar-refractivity contribution < 1.29 is 9.59 Å². The number of nitrogens with one attached hydrogen (secondary N) is 1. The second kappa shape index (κ2) is 7.01. The molecule has 0 unspecified atom stereocenters. The molecule has 7 nitrogen and oxygen atoms in total. The van der Waals surface area contributed by atoms with Crippen molar-refractivity contribution in [2.45, 2.75) is 19.8 Å². The molecule has 1 aromatic rings. The Balaban J connectivity index is 2.10. The highest BCUT2D eigenvalue weighted by atomic mass is 16.2. The van der Waals surface area contributed by atoms with Gasteiger partial charge in [-0.15, -0.1) is 0 Å². The quantitative estimate of drug-likeness (QED) is 0.879. The molecule has 1 aliphatic rings. The van der Waals surface area contributed by atoms with E-state index in [-0.39, 0.29) is 24.1 Å². The van der Waals surface area contributed by atoms with E-state index >= 15 is 0 Å². The summed E-state index contributed by atoms with van der Waals surface area (Å²) >= 11 is 0. The highest BCUT2D eigenvalue weighted by Crippen LogP contribution is 2.09. The molecule has 21 heavy (non-hydrogen) atoms. The number of carbonyl (C=O) groups excluding carboxylic acids is 2. The van der Waals surface area contributed by atoms with Crippen molar-refractivity contribution in [1.82, 2.24) is 19.8 Å². The number of amides is 2. The van der Waals surface area contributed by atoms with Crippen LogP contribution in [-0.4, -0.2) is 64.8 Å². The van der Waals surface area contributed by atoms with Crippen molar-refractivity contribution >= 4 is 17.6 Å². The molecule has 7 heteroatoms. The van der Waals surface area contributed by atoms with Gasteiger partial charge in [-0.3, -0.25) is 14.6 Å². The van der Waals surface area contributed by atoms with E-state index in [4.69, 9.17) is 0 Å². The molecule has 0 saturated carbocycles. The van der Waals surface area contributed by atoms with Gasteiger partial charge in [0.2, 0.25) is 5.91 Å². The Morgan fingerprint density at radius 2 is 2.19 bits per heavy atom. The number of anilines is 1. The zero-order valence-electron chi connectivity index (χ0n) is 12.5. The van der Waals surface area contributed by atoms with E-state index < -0.39 is 0 Å². The van der Waals surface area contributed by atoms with Gasteiger partial charge in [-0.1, -0.05) is 6.92 Å². The van der Waals surface area contributed by atoms with Crippen LogP contribution in [0.2, 0.25) is 0 Å². The minimum absolute atomic E-state index is 0.0472. The largest absolute Gasteiger partial charge is 0.369 e. The van der Waals surface area contributed by atoms with Gasteiger partial charge < -0.3 is 15.1 Å². The van der Waals surface area contributed by atoms with E-state index in [1.54, 1.807) is 23.0 Å². The van der Waals surface area contributed by atoms with Crippen molar-refractivity contribution in [3.63, 3.8) is 0 Å². The maximum atomic E-state index is 12.5. The van der Waals surface area contributed by atoms with E-state index in [1.165, 1.54) is 6.20 Å². The summed E-state index contributed by atoms with van der Waals surface area (Å²) in [5.74, 6) is 0.293. The number of rotatable bonds is 4. The third-order valence-electron chi connectivity index (χ3n) is 3.37. The Bertz CT molecular complexity index is 520.